The molecule has 0 aliphatic heterocycles. The quantitative estimate of drug-likeness (QED) is 0.114. The Bertz CT molecular complexity index is 2470. The highest BCUT2D eigenvalue weighted by Crippen LogP contribution is 2.41. The minimum atomic E-state index is -3.95. The SMILES string of the molecule is COc1ccc(CN(Cc2ccc(OC)cc2)S(=O)(=O)c2cc(C3(O)CCC3)n(C)n2)cc1.COc1ccc(CN(Cc2ccc(OC)cc2)S(=O)(=O)c2ccn(C)n2)cc1. The second-order valence-corrected chi connectivity index (χ2v) is 18.4. The molecular formula is C44H52N6O9S2. The molecule has 15 nitrogen and oxygen atoms in total. The number of hydrogen-bond acceptors (Lipinski definition) is 11. The van der Waals surface area contributed by atoms with E-state index in [1.165, 1.54) is 30.1 Å². The molecule has 6 aromatic rings. The number of sulfonamides is 2. The van der Waals surface area contributed by atoms with E-state index >= 15 is 0 Å². The molecule has 61 heavy (non-hydrogen) atoms. The van der Waals surface area contributed by atoms with Crippen LogP contribution in [0.3, 0.4) is 0 Å². The van der Waals surface area contributed by atoms with Crippen molar-refractivity contribution in [1.29, 1.82) is 0 Å². The minimum Gasteiger partial charge on any atom is -0.497 e. The zero-order valence-corrected chi connectivity index (χ0v) is 36.8. The molecule has 0 saturated heterocycles. The van der Waals surface area contributed by atoms with Crippen molar-refractivity contribution in [2.75, 3.05) is 28.4 Å². The van der Waals surface area contributed by atoms with Gasteiger partial charge in [-0.3, -0.25) is 9.36 Å². The zero-order chi connectivity index (χ0) is 43.8. The number of aryl methyl sites for hydroxylation is 2. The average Bonchev–Trinajstić information content (AvgIpc) is 3.90. The van der Waals surface area contributed by atoms with E-state index in [-0.39, 0.29) is 36.2 Å². The molecular weight excluding hydrogens is 821 g/mol. The first-order valence-electron chi connectivity index (χ1n) is 19.5. The number of benzene rings is 4. The molecule has 1 aliphatic carbocycles. The number of aromatic nitrogens is 4. The van der Waals surface area contributed by atoms with Crippen molar-refractivity contribution in [3.05, 3.63) is 143 Å². The van der Waals surface area contributed by atoms with Crippen LogP contribution in [-0.4, -0.2) is 78.6 Å². The normalized spacial score (nSPS) is 13.6. The van der Waals surface area contributed by atoms with Gasteiger partial charge in [0.25, 0.3) is 20.0 Å². The van der Waals surface area contributed by atoms with Gasteiger partial charge < -0.3 is 24.1 Å². The van der Waals surface area contributed by atoms with E-state index in [2.05, 4.69) is 10.2 Å². The lowest BCUT2D eigenvalue weighted by molar-refractivity contribution is -0.0456. The molecule has 0 bridgehead atoms. The Morgan fingerprint density at radius 2 is 0.902 bits per heavy atom. The molecule has 1 saturated carbocycles. The first-order valence-corrected chi connectivity index (χ1v) is 22.3. The molecule has 17 heteroatoms. The lowest BCUT2D eigenvalue weighted by atomic mass is 9.78. The average molecular weight is 873 g/mol. The Morgan fingerprint density at radius 1 is 0.557 bits per heavy atom. The van der Waals surface area contributed by atoms with Gasteiger partial charge in [-0.1, -0.05) is 48.5 Å². The van der Waals surface area contributed by atoms with Crippen molar-refractivity contribution in [3.8, 4) is 23.0 Å². The number of methoxy groups -OCH3 is 4. The minimum absolute atomic E-state index is 0.0250. The second kappa shape index (κ2) is 19.3. The predicted octanol–water partition coefficient (Wildman–Crippen LogP) is 6.03. The third-order valence-electron chi connectivity index (χ3n) is 10.5. The smallest absolute Gasteiger partial charge is 0.263 e. The largest absolute Gasteiger partial charge is 0.497 e. The zero-order valence-electron chi connectivity index (χ0n) is 35.1. The summed E-state index contributed by atoms with van der Waals surface area (Å²) in [6.07, 6.45) is 3.73. The fourth-order valence-corrected chi connectivity index (χ4v) is 9.51. The summed E-state index contributed by atoms with van der Waals surface area (Å²) in [5.41, 5.74) is 2.87. The van der Waals surface area contributed by atoms with Crippen LogP contribution in [0, 0.1) is 0 Å². The Balaban J connectivity index is 0.000000207. The summed E-state index contributed by atoms with van der Waals surface area (Å²) < 4.78 is 80.4. The van der Waals surface area contributed by atoms with Gasteiger partial charge in [-0.15, -0.1) is 0 Å². The van der Waals surface area contributed by atoms with Crippen LogP contribution in [0.15, 0.2) is 125 Å². The van der Waals surface area contributed by atoms with Crippen molar-refractivity contribution in [1.82, 2.24) is 28.2 Å². The number of aliphatic hydroxyl groups is 1. The van der Waals surface area contributed by atoms with Crippen LogP contribution in [0.2, 0.25) is 0 Å². The maximum absolute atomic E-state index is 13.7. The first-order chi connectivity index (χ1) is 29.2. The van der Waals surface area contributed by atoms with Gasteiger partial charge in [0.2, 0.25) is 0 Å². The van der Waals surface area contributed by atoms with E-state index in [1.807, 2.05) is 72.8 Å². The molecule has 0 radical (unpaired) electrons. The summed E-state index contributed by atoms with van der Waals surface area (Å²) >= 11 is 0. The standard InChI is InChI=1S/C24H29N3O5S.C20H23N3O4S/c1-26-22(24(28)13-4-14-24)15-23(25-26)33(29,30)27(16-18-5-9-20(31-2)10-6-18)17-19-7-11-21(32-3)12-8-19;1-22-13-12-20(21-22)28(24,25)23(14-16-4-8-18(26-2)9-5-16)15-17-6-10-19(27-3)11-7-17/h5-12,15,28H,4,13-14,16-17H2,1-3H3;4-13H,14-15H2,1-3H3. The van der Waals surface area contributed by atoms with Gasteiger partial charge in [0.15, 0.2) is 10.1 Å². The van der Waals surface area contributed by atoms with Crippen LogP contribution in [0.25, 0.3) is 0 Å². The summed E-state index contributed by atoms with van der Waals surface area (Å²) in [5.74, 6) is 2.84. The van der Waals surface area contributed by atoms with Crippen LogP contribution < -0.4 is 18.9 Å². The molecule has 7 rings (SSSR count). The second-order valence-electron chi connectivity index (χ2n) is 14.6. The van der Waals surface area contributed by atoms with Crippen LogP contribution in [0.4, 0.5) is 0 Å². The Labute approximate surface area is 357 Å². The van der Waals surface area contributed by atoms with E-state index in [1.54, 1.807) is 73.0 Å². The van der Waals surface area contributed by atoms with Crippen molar-refractivity contribution in [2.45, 2.75) is 61.1 Å². The molecule has 1 N–H and O–H groups in total. The van der Waals surface area contributed by atoms with Crippen molar-refractivity contribution >= 4 is 20.0 Å². The van der Waals surface area contributed by atoms with E-state index in [9.17, 15) is 21.9 Å². The fraction of sp³-hybridized carbons (Fsp3) is 0.318. The number of rotatable bonds is 17. The number of ether oxygens (including phenoxy) is 4. The maximum atomic E-state index is 13.7. The molecule has 2 heterocycles. The lowest BCUT2D eigenvalue weighted by Crippen LogP contribution is -2.35. The van der Waals surface area contributed by atoms with E-state index in [0.717, 1.165) is 40.2 Å². The molecule has 1 aliphatic rings. The van der Waals surface area contributed by atoms with Crippen LogP contribution in [0.1, 0.15) is 47.2 Å². The Morgan fingerprint density at radius 3 is 1.18 bits per heavy atom. The fourth-order valence-electron chi connectivity index (χ4n) is 6.76. The molecule has 324 valence electrons. The van der Waals surface area contributed by atoms with Gasteiger partial charge in [-0.25, -0.2) is 16.8 Å². The van der Waals surface area contributed by atoms with Gasteiger partial charge in [0, 0.05) is 52.5 Å². The van der Waals surface area contributed by atoms with Crippen molar-refractivity contribution < 1.29 is 40.9 Å². The van der Waals surface area contributed by atoms with Crippen LogP contribution in [0.5, 0.6) is 23.0 Å². The lowest BCUT2D eigenvalue weighted by Gasteiger charge is -2.36. The van der Waals surface area contributed by atoms with Crippen LogP contribution >= 0.6 is 0 Å². The molecule has 0 unspecified atom stereocenters. The third kappa shape index (κ3) is 10.8. The number of hydrogen-bond donors (Lipinski definition) is 1. The van der Waals surface area contributed by atoms with Gasteiger partial charge in [0.1, 0.15) is 28.6 Å². The number of nitrogens with zero attached hydrogens (tertiary/aromatic N) is 6. The first kappa shape index (κ1) is 44.8. The van der Waals surface area contributed by atoms with Gasteiger partial charge in [-0.2, -0.15) is 18.8 Å². The summed E-state index contributed by atoms with van der Waals surface area (Å²) in [4.78, 5) is 0. The van der Waals surface area contributed by atoms with Gasteiger partial charge >= 0.3 is 0 Å². The molecule has 4 aromatic carbocycles. The highest BCUT2D eigenvalue weighted by Gasteiger charge is 2.41. The maximum Gasteiger partial charge on any atom is 0.263 e. The molecule has 1 fully saturated rings. The summed E-state index contributed by atoms with van der Waals surface area (Å²) in [6, 6.07) is 32.3. The molecule has 0 amide bonds. The van der Waals surface area contributed by atoms with Gasteiger partial charge in [0.05, 0.1) is 34.1 Å². The molecule has 2 aromatic heterocycles. The third-order valence-corrected chi connectivity index (χ3v) is 13.8. The summed E-state index contributed by atoms with van der Waals surface area (Å²) in [6.45, 7) is 0.757. The highest BCUT2D eigenvalue weighted by molar-refractivity contribution is 7.89. The van der Waals surface area contributed by atoms with E-state index < -0.39 is 25.6 Å². The molecule has 0 spiro atoms. The van der Waals surface area contributed by atoms with E-state index in [0.29, 0.717) is 30.0 Å². The summed E-state index contributed by atoms with van der Waals surface area (Å²) in [5, 5.41) is 19.1. The van der Waals surface area contributed by atoms with Crippen LogP contribution in [-0.2, 0) is 65.9 Å². The monoisotopic (exact) mass is 872 g/mol. The van der Waals surface area contributed by atoms with E-state index in [4.69, 9.17) is 18.9 Å². The Hall–Kier alpha value is -5.72. The summed E-state index contributed by atoms with van der Waals surface area (Å²) in [7, 11) is 2.01. The topological polar surface area (TPSA) is 168 Å². The van der Waals surface area contributed by atoms with Crippen molar-refractivity contribution in [3.63, 3.8) is 0 Å². The van der Waals surface area contributed by atoms with Gasteiger partial charge in [-0.05, 0) is 96.1 Å². The Kier molecular flexibility index (Phi) is 14.2. The predicted molar refractivity (Wildman–Crippen MR) is 229 cm³/mol. The highest BCUT2D eigenvalue weighted by atomic mass is 32.2. The molecule has 0 atom stereocenters. The van der Waals surface area contributed by atoms with Crippen molar-refractivity contribution in [2.24, 2.45) is 14.1 Å².